The van der Waals surface area contributed by atoms with Gasteiger partial charge in [0.1, 0.15) is 29.6 Å². The Kier molecular flexibility index (Phi) is 7.89. The first-order chi connectivity index (χ1) is 17.9. The van der Waals surface area contributed by atoms with Crippen LogP contribution in [0.2, 0.25) is 0 Å². The van der Waals surface area contributed by atoms with Gasteiger partial charge in [-0.15, -0.1) is 0 Å². The summed E-state index contributed by atoms with van der Waals surface area (Å²) in [6, 6.07) is 21.1. The first-order valence-corrected chi connectivity index (χ1v) is 11.3. The minimum Gasteiger partial charge on any atom is -0.494 e. The van der Waals surface area contributed by atoms with E-state index in [2.05, 4.69) is 5.32 Å². The van der Waals surface area contributed by atoms with E-state index in [1.807, 2.05) is 6.92 Å². The second kappa shape index (κ2) is 11.6. The van der Waals surface area contributed by atoms with E-state index in [0.29, 0.717) is 29.6 Å². The fraction of sp³-hybridized carbons (Fsp3) is 0.148. The summed E-state index contributed by atoms with van der Waals surface area (Å²) in [7, 11) is 1.49. The van der Waals surface area contributed by atoms with Crippen LogP contribution >= 0.6 is 0 Å². The summed E-state index contributed by atoms with van der Waals surface area (Å²) in [6.45, 7) is 2.59. The molecule has 0 bridgehead atoms. The quantitative estimate of drug-likeness (QED) is 0.189. The van der Waals surface area contributed by atoms with E-state index in [4.69, 9.17) is 23.4 Å². The third-order valence-corrected chi connectivity index (χ3v) is 5.06. The molecule has 0 saturated heterocycles. The molecule has 10 nitrogen and oxygen atoms in total. The van der Waals surface area contributed by atoms with Crippen molar-refractivity contribution in [1.29, 1.82) is 0 Å². The maximum absolute atomic E-state index is 12.8. The topological polar surface area (TPSA) is 122 Å². The van der Waals surface area contributed by atoms with E-state index in [-0.39, 0.29) is 29.5 Å². The SMILES string of the molecule is CCOc1ccc(OCc2ccc(C(=O)Nc3cc(Oc4ccccc4OC)cc([N+](=O)[O-])c3)o2)cc1. The molecule has 1 N–H and O–H groups in total. The average Bonchev–Trinajstić information content (AvgIpc) is 3.38. The van der Waals surface area contributed by atoms with Gasteiger partial charge in [-0.2, -0.15) is 0 Å². The maximum atomic E-state index is 12.8. The number of rotatable bonds is 11. The van der Waals surface area contributed by atoms with Gasteiger partial charge in [0, 0.05) is 12.1 Å². The van der Waals surface area contributed by atoms with Gasteiger partial charge in [0.15, 0.2) is 17.3 Å². The van der Waals surface area contributed by atoms with Crippen molar-refractivity contribution in [2.45, 2.75) is 13.5 Å². The number of hydrogen-bond acceptors (Lipinski definition) is 8. The summed E-state index contributed by atoms with van der Waals surface area (Å²) in [6.07, 6.45) is 0. The molecule has 0 spiro atoms. The van der Waals surface area contributed by atoms with Gasteiger partial charge >= 0.3 is 0 Å². The van der Waals surface area contributed by atoms with Gasteiger partial charge in [0.05, 0.1) is 30.4 Å². The highest BCUT2D eigenvalue weighted by Crippen LogP contribution is 2.34. The number of non-ortho nitro benzene ring substituents is 1. The van der Waals surface area contributed by atoms with Crippen molar-refractivity contribution in [3.63, 3.8) is 0 Å². The van der Waals surface area contributed by atoms with E-state index >= 15 is 0 Å². The van der Waals surface area contributed by atoms with Crippen LogP contribution in [0.4, 0.5) is 11.4 Å². The summed E-state index contributed by atoms with van der Waals surface area (Å²) >= 11 is 0. The van der Waals surface area contributed by atoms with Crippen molar-refractivity contribution in [3.8, 4) is 28.7 Å². The van der Waals surface area contributed by atoms with Crippen LogP contribution in [0, 0.1) is 10.1 Å². The van der Waals surface area contributed by atoms with E-state index in [1.54, 1.807) is 54.6 Å². The lowest BCUT2D eigenvalue weighted by atomic mass is 10.2. The highest BCUT2D eigenvalue weighted by Gasteiger charge is 2.17. The fourth-order valence-electron chi connectivity index (χ4n) is 3.37. The van der Waals surface area contributed by atoms with Gasteiger partial charge in [0.2, 0.25) is 0 Å². The summed E-state index contributed by atoms with van der Waals surface area (Å²) in [5.74, 6) is 2.19. The fourth-order valence-corrected chi connectivity index (χ4v) is 3.37. The largest absolute Gasteiger partial charge is 0.494 e. The third kappa shape index (κ3) is 6.57. The Hall–Kier alpha value is -4.99. The predicted molar refractivity (Wildman–Crippen MR) is 135 cm³/mol. The Balaban J connectivity index is 1.44. The van der Waals surface area contributed by atoms with Gasteiger partial charge in [-0.3, -0.25) is 14.9 Å². The molecule has 1 amide bonds. The number of ether oxygens (including phenoxy) is 4. The number of nitro benzene ring substituents is 1. The Morgan fingerprint density at radius 2 is 1.62 bits per heavy atom. The van der Waals surface area contributed by atoms with Gasteiger partial charge in [-0.05, 0) is 55.5 Å². The molecule has 4 aromatic rings. The first-order valence-electron chi connectivity index (χ1n) is 11.3. The van der Waals surface area contributed by atoms with Crippen LogP contribution < -0.4 is 24.3 Å². The molecule has 0 unspecified atom stereocenters. The number of carbonyl (C=O) groups excluding carboxylic acids is 1. The molecule has 1 heterocycles. The Bertz CT molecular complexity index is 1380. The molecule has 1 aromatic heterocycles. The zero-order valence-electron chi connectivity index (χ0n) is 20.1. The molecule has 10 heteroatoms. The van der Waals surface area contributed by atoms with Crippen molar-refractivity contribution < 1.29 is 33.1 Å². The summed E-state index contributed by atoms with van der Waals surface area (Å²) in [5.41, 5.74) is -0.0979. The number of carbonyl (C=O) groups is 1. The number of amides is 1. The molecule has 4 rings (SSSR count). The van der Waals surface area contributed by atoms with Crippen LogP contribution in [-0.4, -0.2) is 24.5 Å². The van der Waals surface area contributed by atoms with Gasteiger partial charge in [-0.25, -0.2) is 0 Å². The lowest BCUT2D eigenvalue weighted by Gasteiger charge is -2.11. The number of nitro groups is 1. The van der Waals surface area contributed by atoms with Crippen molar-refractivity contribution in [2.24, 2.45) is 0 Å². The molecular formula is C27H24N2O8. The number of furan rings is 1. The highest BCUT2D eigenvalue weighted by atomic mass is 16.6. The molecular weight excluding hydrogens is 480 g/mol. The van der Waals surface area contributed by atoms with Gasteiger partial charge < -0.3 is 28.7 Å². The smallest absolute Gasteiger partial charge is 0.291 e. The van der Waals surface area contributed by atoms with E-state index in [1.165, 1.54) is 31.4 Å². The normalized spacial score (nSPS) is 10.4. The molecule has 3 aromatic carbocycles. The molecule has 0 atom stereocenters. The van der Waals surface area contributed by atoms with Crippen LogP contribution in [-0.2, 0) is 6.61 Å². The third-order valence-electron chi connectivity index (χ3n) is 5.06. The molecule has 0 saturated carbocycles. The zero-order chi connectivity index (χ0) is 26.2. The Morgan fingerprint density at radius 3 is 2.30 bits per heavy atom. The lowest BCUT2D eigenvalue weighted by molar-refractivity contribution is -0.384. The monoisotopic (exact) mass is 504 g/mol. The highest BCUT2D eigenvalue weighted by molar-refractivity contribution is 6.02. The number of methoxy groups -OCH3 is 1. The minimum atomic E-state index is -0.587. The second-order valence-electron chi connectivity index (χ2n) is 7.64. The Labute approximate surface area is 212 Å². The van der Waals surface area contributed by atoms with Gasteiger partial charge in [-0.1, -0.05) is 12.1 Å². The second-order valence-corrected chi connectivity index (χ2v) is 7.64. The molecule has 0 aliphatic heterocycles. The van der Waals surface area contributed by atoms with Crippen LogP contribution in [0.15, 0.2) is 83.3 Å². The van der Waals surface area contributed by atoms with Crippen LogP contribution in [0.5, 0.6) is 28.7 Å². The number of benzene rings is 3. The number of nitrogens with zero attached hydrogens (tertiary/aromatic N) is 1. The van der Waals surface area contributed by atoms with Crippen LogP contribution in [0.25, 0.3) is 0 Å². The summed E-state index contributed by atoms with van der Waals surface area (Å²) in [4.78, 5) is 23.6. The first kappa shape index (κ1) is 25.1. The van der Waals surface area contributed by atoms with Crippen molar-refractivity contribution in [1.82, 2.24) is 0 Å². The van der Waals surface area contributed by atoms with E-state index < -0.39 is 10.8 Å². The molecule has 0 aliphatic rings. The van der Waals surface area contributed by atoms with Crippen molar-refractivity contribution in [3.05, 3.63) is 100 Å². The standard InChI is InChI=1S/C27H24N2O8/c1-3-34-20-8-10-21(11-9-20)35-17-22-12-13-26(36-22)27(30)28-18-14-19(29(31)32)16-23(15-18)37-25-7-5-4-6-24(25)33-2/h4-16H,3,17H2,1-2H3,(H,28,30). The number of hydrogen-bond donors (Lipinski definition) is 1. The van der Waals surface area contributed by atoms with Crippen LogP contribution in [0.1, 0.15) is 23.2 Å². The molecule has 0 radical (unpaired) electrons. The predicted octanol–water partition coefficient (Wildman–Crippen LogP) is 6.22. The Morgan fingerprint density at radius 1 is 0.919 bits per heavy atom. The van der Waals surface area contributed by atoms with Crippen LogP contribution in [0.3, 0.4) is 0 Å². The van der Waals surface area contributed by atoms with Gasteiger partial charge in [0.25, 0.3) is 11.6 Å². The molecule has 0 aliphatic carbocycles. The molecule has 37 heavy (non-hydrogen) atoms. The van der Waals surface area contributed by atoms with Crippen molar-refractivity contribution >= 4 is 17.3 Å². The zero-order valence-corrected chi connectivity index (χ0v) is 20.1. The minimum absolute atomic E-state index is 0.0176. The number of anilines is 1. The van der Waals surface area contributed by atoms with E-state index in [9.17, 15) is 14.9 Å². The summed E-state index contributed by atoms with van der Waals surface area (Å²) in [5, 5.41) is 14.1. The summed E-state index contributed by atoms with van der Waals surface area (Å²) < 4.78 is 27.7. The lowest BCUT2D eigenvalue weighted by Crippen LogP contribution is -2.11. The number of nitrogens with one attached hydrogen (secondary N) is 1. The van der Waals surface area contributed by atoms with E-state index in [0.717, 1.165) is 5.75 Å². The molecule has 0 fully saturated rings. The van der Waals surface area contributed by atoms with Crippen molar-refractivity contribution in [2.75, 3.05) is 19.0 Å². The number of para-hydroxylation sites is 2. The molecule has 190 valence electrons. The maximum Gasteiger partial charge on any atom is 0.291 e. The average molecular weight is 504 g/mol.